The third-order valence-corrected chi connectivity index (χ3v) is 1.97. The van der Waals surface area contributed by atoms with Gasteiger partial charge in [-0.1, -0.05) is 0 Å². The molecule has 0 aromatic heterocycles. The van der Waals surface area contributed by atoms with Gasteiger partial charge in [0.1, 0.15) is 0 Å². The maximum atomic E-state index is 8.40. The second-order valence-corrected chi connectivity index (χ2v) is 4.24. The Bertz CT molecular complexity index is 47.6. The summed E-state index contributed by atoms with van der Waals surface area (Å²) in [6.45, 7) is 0. The van der Waals surface area contributed by atoms with E-state index >= 15 is 0 Å². The van der Waals surface area contributed by atoms with Gasteiger partial charge < -0.3 is 0 Å². The molecule has 1 fully saturated rings. The monoisotopic (exact) mass is 154 g/mol. The standard InChI is InChI=1S/CH3AsO2S/c2-1(3)4-5-1/h3H,2H2. The zero-order valence-corrected chi connectivity index (χ0v) is 5.58. The van der Waals surface area contributed by atoms with Crippen LogP contribution < -0.4 is 0 Å². The average molecular weight is 154 g/mol. The molecule has 0 aromatic carbocycles. The molecule has 5 heavy (non-hydrogen) atoms. The zero-order valence-electron chi connectivity index (χ0n) is 2.34. The van der Waals surface area contributed by atoms with Gasteiger partial charge in [0.15, 0.2) is 0 Å². The Hall–Kier alpha value is 0.828. The number of aliphatic hydroxyl groups is 1. The summed E-state index contributed by atoms with van der Waals surface area (Å²) in [5.41, 5.74) is 0. The molecule has 2 atom stereocenters. The third-order valence-electron chi connectivity index (χ3n) is 0.254. The van der Waals surface area contributed by atoms with Crippen LogP contribution in [0, 0.1) is 0 Å². The molecule has 0 saturated carbocycles. The predicted molar refractivity (Wildman–Crippen MR) is 22.2 cm³/mol. The van der Waals surface area contributed by atoms with Crippen molar-refractivity contribution in [3.63, 3.8) is 0 Å². The van der Waals surface area contributed by atoms with E-state index in [4.69, 9.17) is 5.11 Å². The summed E-state index contributed by atoms with van der Waals surface area (Å²) in [7, 11) is 0. The zero-order chi connectivity index (χ0) is 3.91. The fraction of sp³-hybridized carbons (Fsp3) is 1.00. The van der Waals surface area contributed by atoms with Gasteiger partial charge in [-0.3, -0.25) is 0 Å². The van der Waals surface area contributed by atoms with E-state index in [0.29, 0.717) is 0 Å². The van der Waals surface area contributed by atoms with Crippen molar-refractivity contribution in [2.75, 3.05) is 0 Å². The predicted octanol–water partition coefficient (Wildman–Crippen LogP) is -1.10. The number of rotatable bonds is 0. The van der Waals surface area contributed by atoms with E-state index in [1.54, 1.807) is 0 Å². The van der Waals surface area contributed by atoms with Gasteiger partial charge in [0, 0.05) is 0 Å². The average Bonchev–Trinajstić information content (AvgIpc) is 1.76. The van der Waals surface area contributed by atoms with Crippen molar-refractivity contribution in [1.29, 1.82) is 0 Å². The second-order valence-electron chi connectivity index (χ2n) is 0.797. The number of hydrogen-bond donors (Lipinski definition) is 1. The van der Waals surface area contributed by atoms with Crippen molar-refractivity contribution in [3.8, 4) is 0 Å². The Morgan fingerprint density at radius 3 is 2.20 bits per heavy atom. The van der Waals surface area contributed by atoms with Crippen LogP contribution in [-0.2, 0) is 4.18 Å². The van der Waals surface area contributed by atoms with Gasteiger partial charge in [0.2, 0.25) is 0 Å². The molecule has 0 aromatic rings. The molecule has 1 saturated heterocycles. The Morgan fingerprint density at radius 1 is 2.00 bits per heavy atom. The molecule has 30 valence electrons. The van der Waals surface area contributed by atoms with E-state index in [2.05, 4.69) is 4.18 Å². The Kier molecular flexibility index (Phi) is 0.726. The van der Waals surface area contributed by atoms with Gasteiger partial charge in [-0.2, -0.15) is 0 Å². The van der Waals surface area contributed by atoms with Crippen LogP contribution in [0.2, 0.25) is 0 Å². The SMILES string of the molecule is OC1([AsH2])OS1. The Balaban J connectivity index is 2.38. The summed E-state index contributed by atoms with van der Waals surface area (Å²) in [5.74, 6) is 0. The molecule has 1 heterocycles. The molecule has 1 N–H and O–H groups in total. The maximum absolute atomic E-state index is 8.40. The first kappa shape index (κ1) is 4.00. The summed E-state index contributed by atoms with van der Waals surface area (Å²) in [4.78, 5) is 0. The molecule has 1 rings (SSSR count). The summed E-state index contributed by atoms with van der Waals surface area (Å²) in [6, 6.07) is 0. The van der Waals surface area contributed by atoms with Crippen molar-refractivity contribution < 1.29 is 9.29 Å². The molecule has 0 spiro atoms. The molecule has 2 nitrogen and oxygen atoms in total. The molecule has 2 unspecified atom stereocenters. The molecule has 1 aliphatic heterocycles. The van der Waals surface area contributed by atoms with Gasteiger partial charge >= 0.3 is 42.1 Å². The summed E-state index contributed by atoms with van der Waals surface area (Å²) >= 11 is 2.31. The van der Waals surface area contributed by atoms with E-state index in [1.165, 1.54) is 16.9 Å². The van der Waals surface area contributed by atoms with Crippen molar-refractivity contribution in [2.45, 2.75) is 3.91 Å². The quantitative estimate of drug-likeness (QED) is 0.273. The normalized spacial score (nSPS) is 49.2. The molecular formula is CH3AsO2S. The first-order valence-electron chi connectivity index (χ1n) is 1.09. The van der Waals surface area contributed by atoms with Crippen LogP contribution in [-0.4, -0.2) is 25.9 Å². The Labute approximate surface area is 42.6 Å². The Morgan fingerprint density at radius 2 is 2.20 bits per heavy atom. The van der Waals surface area contributed by atoms with Crippen LogP contribution >= 0.6 is 12.0 Å². The molecule has 0 aliphatic carbocycles. The number of hydrogen-bond acceptors (Lipinski definition) is 3. The second kappa shape index (κ2) is 0.908. The first-order chi connectivity index (χ1) is 2.21. The van der Waals surface area contributed by atoms with Gasteiger partial charge in [0.25, 0.3) is 0 Å². The minimum absolute atomic E-state index is 0.771. The van der Waals surface area contributed by atoms with Crippen molar-refractivity contribution in [1.82, 2.24) is 0 Å². The van der Waals surface area contributed by atoms with Crippen molar-refractivity contribution in [3.05, 3.63) is 0 Å². The summed E-state index contributed by atoms with van der Waals surface area (Å²) < 4.78 is 3.62. The molecular weight excluding hydrogens is 151 g/mol. The fourth-order valence-electron chi connectivity index (χ4n) is 0.0427. The van der Waals surface area contributed by atoms with Crippen LogP contribution in [0.4, 0.5) is 0 Å². The minimum atomic E-state index is -0.771. The molecule has 0 amide bonds. The summed E-state index contributed by atoms with van der Waals surface area (Å²) in [6.07, 6.45) is 0. The van der Waals surface area contributed by atoms with Crippen molar-refractivity contribution >= 4 is 28.9 Å². The third kappa shape index (κ3) is 1.14. The van der Waals surface area contributed by atoms with Gasteiger partial charge in [0.05, 0.1) is 0 Å². The first-order valence-corrected chi connectivity index (χ1v) is 3.04. The molecule has 1 aliphatic rings. The van der Waals surface area contributed by atoms with E-state index in [1.807, 2.05) is 0 Å². The van der Waals surface area contributed by atoms with E-state index in [9.17, 15) is 0 Å². The van der Waals surface area contributed by atoms with Crippen molar-refractivity contribution in [2.24, 2.45) is 0 Å². The van der Waals surface area contributed by atoms with E-state index in [-0.39, 0.29) is 0 Å². The molecule has 0 radical (unpaired) electrons. The van der Waals surface area contributed by atoms with Gasteiger partial charge in [-0.15, -0.1) is 0 Å². The van der Waals surface area contributed by atoms with Crippen LogP contribution in [0.15, 0.2) is 0 Å². The fourth-order valence-corrected chi connectivity index (χ4v) is 0.431. The van der Waals surface area contributed by atoms with E-state index < -0.39 is 3.91 Å². The summed E-state index contributed by atoms with van der Waals surface area (Å²) in [5, 5.41) is 8.40. The van der Waals surface area contributed by atoms with E-state index in [0.717, 1.165) is 12.0 Å². The van der Waals surface area contributed by atoms with Gasteiger partial charge in [-0.25, -0.2) is 0 Å². The topological polar surface area (TPSA) is 32.8 Å². The molecule has 0 bridgehead atoms. The van der Waals surface area contributed by atoms with Crippen LogP contribution in [0.1, 0.15) is 0 Å². The van der Waals surface area contributed by atoms with Crippen LogP contribution in [0.5, 0.6) is 0 Å². The van der Waals surface area contributed by atoms with Gasteiger partial charge in [-0.05, 0) is 0 Å². The van der Waals surface area contributed by atoms with Crippen LogP contribution in [0.25, 0.3) is 0 Å². The molecule has 4 heteroatoms. The van der Waals surface area contributed by atoms with Crippen LogP contribution in [0.3, 0.4) is 0 Å².